The van der Waals surface area contributed by atoms with Crippen molar-refractivity contribution in [1.82, 2.24) is 0 Å². The number of unbranched alkanes of at least 4 members (excludes halogenated alkanes) is 15. The second kappa shape index (κ2) is 21.4. The molecule has 0 aromatic heterocycles. The summed E-state index contributed by atoms with van der Waals surface area (Å²) in [5, 5.41) is 0. The van der Waals surface area contributed by atoms with Gasteiger partial charge in [-0.3, -0.25) is 4.79 Å². The fourth-order valence-electron chi connectivity index (χ4n) is 4.47. The summed E-state index contributed by atoms with van der Waals surface area (Å²) in [5.74, 6) is 0.0444. The van der Waals surface area contributed by atoms with Crippen LogP contribution in [-0.2, 0) is 9.53 Å². The van der Waals surface area contributed by atoms with Crippen LogP contribution >= 0.6 is 0 Å². The van der Waals surface area contributed by atoms with Crippen LogP contribution in [0.5, 0.6) is 0 Å². The Hall–Kier alpha value is -0.790. The Labute approximate surface area is 188 Å². The highest BCUT2D eigenvalue weighted by Gasteiger charge is 2.17. The highest BCUT2D eigenvalue weighted by Crippen LogP contribution is 2.21. The number of ether oxygens (including phenoxy) is 1. The van der Waals surface area contributed by atoms with Gasteiger partial charge in [-0.1, -0.05) is 103 Å². The van der Waals surface area contributed by atoms with Crippen LogP contribution < -0.4 is 0 Å². The topological polar surface area (TPSA) is 26.3 Å². The van der Waals surface area contributed by atoms with Crippen LogP contribution in [-0.4, -0.2) is 12.1 Å². The van der Waals surface area contributed by atoms with Gasteiger partial charge in [0, 0.05) is 6.42 Å². The quantitative estimate of drug-likeness (QED) is 0.111. The minimum absolute atomic E-state index is 0.0444. The Morgan fingerprint density at radius 2 is 1.13 bits per heavy atom. The summed E-state index contributed by atoms with van der Waals surface area (Å²) in [6.07, 6.45) is 34.2. The lowest BCUT2D eigenvalue weighted by atomic mass is 9.98. The van der Waals surface area contributed by atoms with E-state index < -0.39 is 0 Å². The first-order valence-electron chi connectivity index (χ1n) is 13.7. The van der Waals surface area contributed by atoms with E-state index in [0.29, 0.717) is 6.42 Å². The lowest BCUT2D eigenvalue weighted by Gasteiger charge is -2.21. The molecule has 0 atom stereocenters. The van der Waals surface area contributed by atoms with E-state index in [1.165, 1.54) is 122 Å². The van der Waals surface area contributed by atoms with Gasteiger partial charge in [0.05, 0.1) is 0 Å². The lowest BCUT2D eigenvalue weighted by molar-refractivity contribution is -0.150. The largest absolute Gasteiger partial charge is 0.462 e. The second-order valence-electron chi connectivity index (χ2n) is 9.50. The van der Waals surface area contributed by atoms with E-state index >= 15 is 0 Å². The molecule has 1 aliphatic carbocycles. The third kappa shape index (κ3) is 18.0. The molecule has 2 heteroatoms. The highest BCUT2D eigenvalue weighted by molar-refractivity contribution is 5.69. The number of carbonyl (C=O) groups excluding carboxylic acids is 1. The number of hydrogen-bond acceptors (Lipinski definition) is 2. The van der Waals surface area contributed by atoms with Crippen molar-refractivity contribution in [2.45, 2.75) is 161 Å². The maximum atomic E-state index is 11.9. The zero-order valence-corrected chi connectivity index (χ0v) is 20.3. The first kappa shape index (κ1) is 27.2. The molecule has 0 aromatic carbocycles. The maximum absolute atomic E-state index is 11.9. The third-order valence-electron chi connectivity index (χ3n) is 6.49. The van der Waals surface area contributed by atoms with E-state index in [1.807, 2.05) is 0 Å². The predicted molar refractivity (Wildman–Crippen MR) is 131 cm³/mol. The first-order chi connectivity index (χ1) is 14.8. The smallest absolute Gasteiger partial charge is 0.306 e. The fourth-order valence-corrected chi connectivity index (χ4v) is 4.47. The summed E-state index contributed by atoms with van der Waals surface area (Å²) in [4.78, 5) is 11.9. The summed E-state index contributed by atoms with van der Waals surface area (Å²) < 4.78 is 5.58. The SMILES string of the molecule is CCCCCCCC/C=C/CCCCCCCCCCCC(=O)OC1CCCCC1. The van der Waals surface area contributed by atoms with Gasteiger partial charge < -0.3 is 4.74 Å². The molecule has 1 aliphatic rings. The van der Waals surface area contributed by atoms with Gasteiger partial charge in [0.25, 0.3) is 0 Å². The summed E-state index contributed by atoms with van der Waals surface area (Å²) in [6, 6.07) is 0. The number of allylic oxidation sites excluding steroid dienone is 2. The molecule has 0 spiro atoms. The molecule has 30 heavy (non-hydrogen) atoms. The molecule has 0 amide bonds. The summed E-state index contributed by atoms with van der Waals surface area (Å²) in [6.45, 7) is 2.28. The van der Waals surface area contributed by atoms with Crippen molar-refractivity contribution in [3.8, 4) is 0 Å². The first-order valence-corrected chi connectivity index (χ1v) is 13.7. The van der Waals surface area contributed by atoms with E-state index in [1.54, 1.807) is 0 Å². The molecule has 1 fully saturated rings. The van der Waals surface area contributed by atoms with Crippen molar-refractivity contribution in [3.05, 3.63) is 12.2 Å². The molecule has 0 aliphatic heterocycles. The van der Waals surface area contributed by atoms with Crippen LogP contribution in [0, 0.1) is 0 Å². The third-order valence-corrected chi connectivity index (χ3v) is 6.49. The van der Waals surface area contributed by atoms with Gasteiger partial charge in [-0.2, -0.15) is 0 Å². The number of carbonyl (C=O) groups is 1. The van der Waals surface area contributed by atoms with Crippen molar-refractivity contribution >= 4 is 5.97 Å². The molecule has 0 saturated heterocycles. The predicted octanol–water partition coefficient (Wildman–Crippen LogP) is 9.46. The van der Waals surface area contributed by atoms with Gasteiger partial charge in [0.2, 0.25) is 0 Å². The Morgan fingerprint density at radius 3 is 1.67 bits per heavy atom. The van der Waals surface area contributed by atoms with Gasteiger partial charge in [0.1, 0.15) is 6.10 Å². The van der Waals surface area contributed by atoms with E-state index in [4.69, 9.17) is 4.74 Å². The lowest BCUT2D eigenvalue weighted by Crippen LogP contribution is -2.20. The molecule has 1 rings (SSSR count). The molecule has 0 aromatic rings. The fraction of sp³-hybridized carbons (Fsp3) is 0.893. The van der Waals surface area contributed by atoms with Gasteiger partial charge >= 0.3 is 5.97 Å². The van der Waals surface area contributed by atoms with Crippen molar-refractivity contribution in [3.63, 3.8) is 0 Å². The Kier molecular flexibility index (Phi) is 19.5. The molecule has 0 radical (unpaired) electrons. The molecule has 0 N–H and O–H groups in total. The van der Waals surface area contributed by atoms with Gasteiger partial charge in [-0.25, -0.2) is 0 Å². The number of hydrogen-bond donors (Lipinski definition) is 0. The zero-order valence-electron chi connectivity index (χ0n) is 20.3. The van der Waals surface area contributed by atoms with E-state index in [-0.39, 0.29) is 12.1 Å². The van der Waals surface area contributed by atoms with E-state index in [9.17, 15) is 4.79 Å². The van der Waals surface area contributed by atoms with Crippen LogP contribution in [0.3, 0.4) is 0 Å². The Balaban J connectivity index is 1.73. The van der Waals surface area contributed by atoms with Crippen LogP contribution in [0.2, 0.25) is 0 Å². The molecular formula is C28H52O2. The maximum Gasteiger partial charge on any atom is 0.306 e. The second-order valence-corrected chi connectivity index (χ2v) is 9.50. The van der Waals surface area contributed by atoms with Gasteiger partial charge in [-0.15, -0.1) is 0 Å². The number of rotatable bonds is 20. The van der Waals surface area contributed by atoms with Crippen molar-refractivity contribution in [1.29, 1.82) is 0 Å². The average Bonchev–Trinajstić information content (AvgIpc) is 2.76. The van der Waals surface area contributed by atoms with Gasteiger partial charge in [-0.05, 0) is 57.8 Å². The Bertz CT molecular complexity index is 395. The molecule has 176 valence electrons. The molecule has 1 saturated carbocycles. The minimum atomic E-state index is 0.0444. The Morgan fingerprint density at radius 1 is 0.667 bits per heavy atom. The van der Waals surface area contributed by atoms with Gasteiger partial charge in [0.15, 0.2) is 0 Å². The zero-order chi connectivity index (χ0) is 21.5. The number of esters is 1. The van der Waals surface area contributed by atoms with E-state index in [0.717, 1.165) is 19.3 Å². The van der Waals surface area contributed by atoms with Crippen LogP contribution in [0.15, 0.2) is 12.2 Å². The molecule has 2 nitrogen and oxygen atoms in total. The molecule has 0 bridgehead atoms. The van der Waals surface area contributed by atoms with Crippen LogP contribution in [0.25, 0.3) is 0 Å². The van der Waals surface area contributed by atoms with Crippen molar-refractivity contribution in [2.24, 2.45) is 0 Å². The summed E-state index contributed by atoms with van der Waals surface area (Å²) in [7, 11) is 0. The van der Waals surface area contributed by atoms with Crippen molar-refractivity contribution < 1.29 is 9.53 Å². The molecule has 0 unspecified atom stereocenters. The highest BCUT2D eigenvalue weighted by atomic mass is 16.5. The summed E-state index contributed by atoms with van der Waals surface area (Å²) >= 11 is 0. The molecule has 0 heterocycles. The monoisotopic (exact) mass is 420 g/mol. The van der Waals surface area contributed by atoms with Crippen molar-refractivity contribution in [2.75, 3.05) is 0 Å². The summed E-state index contributed by atoms with van der Waals surface area (Å²) in [5.41, 5.74) is 0. The normalized spacial score (nSPS) is 15.1. The molecular weight excluding hydrogens is 368 g/mol. The van der Waals surface area contributed by atoms with E-state index in [2.05, 4.69) is 19.1 Å². The van der Waals surface area contributed by atoms with Crippen LogP contribution in [0.1, 0.15) is 155 Å². The standard InChI is InChI=1S/C28H52O2/c1-2-3-4-5-6-7-8-9-10-11-12-13-14-15-16-17-18-19-23-26-28(29)30-27-24-21-20-22-25-27/h9-10,27H,2-8,11-26H2,1H3/b10-9+. The minimum Gasteiger partial charge on any atom is -0.462 e. The van der Waals surface area contributed by atoms with Crippen LogP contribution in [0.4, 0.5) is 0 Å². The average molecular weight is 421 g/mol.